The van der Waals surface area contributed by atoms with Gasteiger partial charge in [0, 0.05) is 24.6 Å². The number of carbonyl (C=O) groups excluding carboxylic acids is 2. The molecule has 0 spiro atoms. The van der Waals surface area contributed by atoms with Gasteiger partial charge in [0.25, 0.3) is 5.91 Å². The lowest BCUT2D eigenvalue weighted by Crippen LogP contribution is -2.30. The summed E-state index contributed by atoms with van der Waals surface area (Å²) in [7, 11) is 0. The van der Waals surface area contributed by atoms with E-state index in [2.05, 4.69) is 10.6 Å². The monoisotopic (exact) mass is 390 g/mol. The summed E-state index contributed by atoms with van der Waals surface area (Å²) in [5.74, 6) is 0.841. The molecule has 1 aliphatic carbocycles. The second-order valence-electron chi connectivity index (χ2n) is 7.67. The zero-order valence-electron chi connectivity index (χ0n) is 16.6. The van der Waals surface area contributed by atoms with E-state index in [9.17, 15) is 9.59 Å². The summed E-state index contributed by atoms with van der Waals surface area (Å²) in [5.41, 5.74) is 3.66. The molecule has 1 fully saturated rings. The highest BCUT2D eigenvalue weighted by Crippen LogP contribution is 2.20. The smallest absolute Gasteiger partial charge is 0.251 e. The van der Waals surface area contributed by atoms with E-state index in [0.717, 1.165) is 41.7 Å². The van der Waals surface area contributed by atoms with E-state index in [4.69, 9.17) is 4.98 Å². The fourth-order valence-electron chi connectivity index (χ4n) is 3.39. The number of nitrogens with one attached hydrogen (secondary N) is 2. The molecule has 6 nitrogen and oxygen atoms in total. The SMILES string of the molecule is Cc1ccc(C(=O)NCCCc2nc3ccccc3n2CC(=O)NC2CC2)cc1. The predicted molar refractivity (Wildman–Crippen MR) is 113 cm³/mol. The molecular formula is C23H26N4O2. The van der Waals surface area contributed by atoms with Crippen molar-refractivity contribution in [2.75, 3.05) is 6.54 Å². The number of amides is 2. The Hall–Kier alpha value is -3.15. The van der Waals surface area contributed by atoms with Gasteiger partial charge in [-0.3, -0.25) is 9.59 Å². The minimum absolute atomic E-state index is 0.0320. The average molecular weight is 390 g/mol. The molecule has 0 bridgehead atoms. The molecule has 4 rings (SSSR count). The fraction of sp³-hybridized carbons (Fsp3) is 0.348. The zero-order chi connectivity index (χ0) is 20.2. The highest BCUT2D eigenvalue weighted by Gasteiger charge is 2.24. The van der Waals surface area contributed by atoms with Crippen molar-refractivity contribution in [3.05, 3.63) is 65.5 Å². The summed E-state index contributed by atoms with van der Waals surface area (Å²) in [6, 6.07) is 15.8. The number of imidazole rings is 1. The van der Waals surface area contributed by atoms with Crippen molar-refractivity contribution in [1.82, 2.24) is 20.2 Å². The van der Waals surface area contributed by atoms with Crippen molar-refractivity contribution in [2.45, 2.75) is 45.2 Å². The number of hydrogen-bond acceptors (Lipinski definition) is 3. The first-order chi connectivity index (χ1) is 14.1. The van der Waals surface area contributed by atoms with Crippen molar-refractivity contribution in [3.63, 3.8) is 0 Å². The molecule has 0 unspecified atom stereocenters. The third kappa shape index (κ3) is 4.83. The fourth-order valence-corrected chi connectivity index (χ4v) is 3.39. The molecule has 1 saturated carbocycles. The molecule has 2 aromatic carbocycles. The van der Waals surface area contributed by atoms with Gasteiger partial charge in [0.15, 0.2) is 0 Å². The molecule has 0 saturated heterocycles. The van der Waals surface area contributed by atoms with E-state index in [1.165, 1.54) is 0 Å². The highest BCUT2D eigenvalue weighted by atomic mass is 16.2. The number of nitrogens with zero attached hydrogens (tertiary/aromatic N) is 2. The Morgan fingerprint density at radius 2 is 1.86 bits per heavy atom. The summed E-state index contributed by atoms with van der Waals surface area (Å²) < 4.78 is 1.99. The minimum atomic E-state index is -0.0673. The Morgan fingerprint density at radius 1 is 1.10 bits per heavy atom. The van der Waals surface area contributed by atoms with Gasteiger partial charge in [-0.2, -0.15) is 0 Å². The van der Waals surface area contributed by atoms with E-state index in [0.29, 0.717) is 24.6 Å². The van der Waals surface area contributed by atoms with Gasteiger partial charge in [0.2, 0.25) is 5.91 Å². The van der Waals surface area contributed by atoms with Crippen LogP contribution in [-0.4, -0.2) is 34.0 Å². The van der Waals surface area contributed by atoms with Gasteiger partial charge in [-0.05, 0) is 50.5 Å². The maximum atomic E-state index is 12.3. The molecule has 150 valence electrons. The molecule has 0 radical (unpaired) electrons. The van der Waals surface area contributed by atoms with Crippen LogP contribution in [0.5, 0.6) is 0 Å². The van der Waals surface area contributed by atoms with Gasteiger partial charge in [0.05, 0.1) is 11.0 Å². The third-order valence-electron chi connectivity index (χ3n) is 5.15. The number of aryl methyl sites for hydroxylation is 2. The van der Waals surface area contributed by atoms with E-state index < -0.39 is 0 Å². The molecule has 29 heavy (non-hydrogen) atoms. The van der Waals surface area contributed by atoms with Gasteiger partial charge < -0.3 is 15.2 Å². The van der Waals surface area contributed by atoms with Gasteiger partial charge in [0.1, 0.15) is 12.4 Å². The van der Waals surface area contributed by atoms with Crippen molar-refractivity contribution in [1.29, 1.82) is 0 Å². The number of benzene rings is 2. The Balaban J connectivity index is 1.37. The second kappa shape index (κ2) is 8.47. The summed E-state index contributed by atoms with van der Waals surface area (Å²) in [4.78, 5) is 29.3. The molecule has 1 aromatic heterocycles. The Labute approximate surface area is 170 Å². The van der Waals surface area contributed by atoms with Crippen LogP contribution in [0.15, 0.2) is 48.5 Å². The van der Waals surface area contributed by atoms with E-state index in [-0.39, 0.29) is 18.4 Å². The van der Waals surface area contributed by atoms with Crippen LogP contribution in [0.3, 0.4) is 0 Å². The van der Waals surface area contributed by atoms with E-state index in [1.807, 2.05) is 60.0 Å². The summed E-state index contributed by atoms with van der Waals surface area (Å²) in [6.07, 6.45) is 3.60. The lowest BCUT2D eigenvalue weighted by molar-refractivity contribution is -0.121. The minimum Gasteiger partial charge on any atom is -0.352 e. The maximum absolute atomic E-state index is 12.3. The number of carbonyl (C=O) groups is 2. The van der Waals surface area contributed by atoms with Crippen LogP contribution in [0, 0.1) is 6.92 Å². The van der Waals surface area contributed by atoms with E-state index >= 15 is 0 Å². The maximum Gasteiger partial charge on any atom is 0.251 e. The van der Waals surface area contributed by atoms with Crippen LogP contribution in [0.4, 0.5) is 0 Å². The van der Waals surface area contributed by atoms with Crippen LogP contribution < -0.4 is 10.6 Å². The number of rotatable bonds is 8. The van der Waals surface area contributed by atoms with Crippen molar-refractivity contribution < 1.29 is 9.59 Å². The summed E-state index contributed by atoms with van der Waals surface area (Å²) in [5, 5.41) is 6.01. The second-order valence-corrected chi connectivity index (χ2v) is 7.67. The van der Waals surface area contributed by atoms with Crippen molar-refractivity contribution in [3.8, 4) is 0 Å². The van der Waals surface area contributed by atoms with Crippen LogP contribution in [0.1, 0.15) is 41.0 Å². The number of hydrogen-bond donors (Lipinski definition) is 2. The Morgan fingerprint density at radius 3 is 2.62 bits per heavy atom. The Bertz CT molecular complexity index is 1020. The zero-order valence-corrected chi connectivity index (χ0v) is 16.6. The summed E-state index contributed by atoms with van der Waals surface area (Å²) >= 11 is 0. The Kier molecular flexibility index (Phi) is 5.60. The third-order valence-corrected chi connectivity index (χ3v) is 5.15. The summed E-state index contributed by atoms with van der Waals surface area (Å²) in [6.45, 7) is 2.84. The van der Waals surface area contributed by atoms with Crippen molar-refractivity contribution in [2.24, 2.45) is 0 Å². The molecule has 2 amide bonds. The molecule has 0 aliphatic heterocycles. The number of fused-ring (bicyclic) bond motifs is 1. The van der Waals surface area contributed by atoms with Crippen LogP contribution in [0.2, 0.25) is 0 Å². The molecular weight excluding hydrogens is 364 g/mol. The van der Waals surface area contributed by atoms with Crippen LogP contribution in [-0.2, 0) is 17.8 Å². The molecule has 0 atom stereocenters. The van der Waals surface area contributed by atoms with Crippen LogP contribution in [0.25, 0.3) is 11.0 Å². The lowest BCUT2D eigenvalue weighted by atomic mass is 10.1. The molecule has 1 heterocycles. The standard InChI is InChI=1S/C23H26N4O2/c1-16-8-10-17(11-9-16)23(29)24-14-4-7-21-26-19-5-2-3-6-20(19)27(21)15-22(28)25-18-12-13-18/h2-3,5-6,8-11,18H,4,7,12-15H2,1H3,(H,24,29)(H,25,28). The average Bonchev–Trinajstić information content (AvgIpc) is 3.46. The molecule has 2 N–H and O–H groups in total. The van der Waals surface area contributed by atoms with Gasteiger partial charge in [-0.15, -0.1) is 0 Å². The van der Waals surface area contributed by atoms with E-state index in [1.54, 1.807) is 0 Å². The normalized spacial score (nSPS) is 13.4. The van der Waals surface area contributed by atoms with Gasteiger partial charge in [-0.1, -0.05) is 29.8 Å². The van der Waals surface area contributed by atoms with Crippen LogP contribution >= 0.6 is 0 Å². The largest absolute Gasteiger partial charge is 0.352 e. The first kappa shape index (κ1) is 19.2. The number of aromatic nitrogens is 2. The highest BCUT2D eigenvalue weighted by molar-refractivity contribution is 5.94. The topological polar surface area (TPSA) is 76.0 Å². The van der Waals surface area contributed by atoms with Gasteiger partial charge in [-0.25, -0.2) is 4.98 Å². The quantitative estimate of drug-likeness (QED) is 0.581. The first-order valence-corrected chi connectivity index (χ1v) is 10.2. The lowest BCUT2D eigenvalue weighted by Gasteiger charge is -2.10. The first-order valence-electron chi connectivity index (χ1n) is 10.2. The molecule has 3 aromatic rings. The van der Waals surface area contributed by atoms with Crippen molar-refractivity contribution >= 4 is 22.8 Å². The number of para-hydroxylation sites is 2. The predicted octanol–water partition coefficient (Wildman–Crippen LogP) is 2.99. The molecule has 1 aliphatic rings. The van der Waals surface area contributed by atoms with Gasteiger partial charge >= 0.3 is 0 Å². The molecule has 6 heteroatoms.